The van der Waals surface area contributed by atoms with E-state index in [0.717, 1.165) is 11.1 Å². The first kappa shape index (κ1) is 28.0. The second kappa shape index (κ2) is 13.7. The summed E-state index contributed by atoms with van der Waals surface area (Å²) in [6.45, 7) is 2.20. The van der Waals surface area contributed by atoms with Crippen molar-refractivity contribution in [1.82, 2.24) is 10.3 Å². The second-order valence-corrected chi connectivity index (χ2v) is 9.01. The molecule has 2 N–H and O–H groups in total. The van der Waals surface area contributed by atoms with Crippen molar-refractivity contribution in [2.24, 2.45) is 0 Å². The lowest BCUT2D eigenvalue weighted by molar-refractivity contribution is -0.170. The van der Waals surface area contributed by atoms with Gasteiger partial charge >= 0.3 is 5.97 Å². The fourth-order valence-electron chi connectivity index (χ4n) is 4.12. The number of benzene rings is 2. The van der Waals surface area contributed by atoms with Crippen LogP contribution < -0.4 is 10.1 Å². The maximum Gasteiger partial charge on any atom is 0.331 e. The molecule has 0 unspecified atom stereocenters. The Morgan fingerprint density at radius 3 is 2.28 bits per heavy atom. The van der Waals surface area contributed by atoms with Crippen LogP contribution in [0, 0.1) is 0 Å². The van der Waals surface area contributed by atoms with E-state index in [0.29, 0.717) is 6.61 Å². The Balaban J connectivity index is 1.49. The van der Waals surface area contributed by atoms with Gasteiger partial charge in [0, 0.05) is 12.3 Å². The average Bonchev–Trinajstić information content (AvgIpc) is 3.00. The lowest BCUT2D eigenvalue weighted by Gasteiger charge is -2.30. The Bertz CT molecular complexity index is 1220. The number of rotatable bonds is 9. The topological polar surface area (TPSA) is 125 Å². The Hall–Kier alpha value is -3.99. The first-order valence-electron chi connectivity index (χ1n) is 12.6. The van der Waals surface area contributed by atoms with Gasteiger partial charge in [0.15, 0.2) is 23.2 Å². The molecule has 39 heavy (non-hydrogen) atoms. The molecule has 0 radical (unpaired) electrons. The summed E-state index contributed by atoms with van der Waals surface area (Å²) in [5.74, 6) is -1.85. The number of cyclic esters (lactones) is 1. The van der Waals surface area contributed by atoms with Gasteiger partial charge in [0.1, 0.15) is 18.3 Å². The summed E-state index contributed by atoms with van der Waals surface area (Å²) in [6, 6.07) is 19.6. The van der Waals surface area contributed by atoms with Gasteiger partial charge in [-0.2, -0.15) is 0 Å². The molecular formula is C29H32N2O8. The smallest absolute Gasteiger partial charge is 0.331 e. The predicted octanol–water partition coefficient (Wildman–Crippen LogP) is 3.03. The van der Waals surface area contributed by atoms with Crippen LogP contribution in [0.2, 0.25) is 0 Å². The number of hydrogen-bond acceptors (Lipinski definition) is 9. The van der Waals surface area contributed by atoms with E-state index in [2.05, 4.69) is 10.3 Å². The van der Waals surface area contributed by atoms with Gasteiger partial charge in [-0.15, -0.1) is 0 Å². The van der Waals surface area contributed by atoms with Crippen molar-refractivity contribution in [3.63, 3.8) is 0 Å². The number of ether oxygens (including phenoxy) is 5. The third kappa shape index (κ3) is 7.53. The van der Waals surface area contributed by atoms with Gasteiger partial charge in [-0.1, -0.05) is 60.7 Å². The Labute approximate surface area is 226 Å². The number of aromatic hydroxyl groups is 1. The molecule has 0 spiro atoms. The van der Waals surface area contributed by atoms with Gasteiger partial charge in [0.25, 0.3) is 5.91 Å². The molecule has 2 aromatic carbocycles. The largest absolute Gasteiger partial charge is 0.503 e. The average molecular weight is 537 g/mol. The highest BCUT2D eigenvalue weighted by atomic mass is 16.6. The first-order valence-corrected chi connectivity index (χ1v) is 12.6. The summed E-state index contributed by atoms with van der Waals surface area (Å²) < 4.78 is 29.0. The van der Waals surface area contributed by atoms with E-state index in [1.54, 1.807) is 6.92 Å². The van der Waals surface area contributed by atoms with Gasteiger partial charge in [-0.25, -0.2) is 9.78 Å². The number of nitrogens with one attached hydrogen (secondary N) is 1. The van der Waals surface area contributed by atoms with Crippen LogP contribution in [0.25, 0.3) is 0 Å². The summed E-state index contributed by atoms with van der Waals surface area (Å²) in [5.41, 5.74) is 1.64. The number of carbonyl (C=O) groups excluding carboxylic acids is 2. The number of nitrogens with zero attached hydrogens (tertiary/aromatic N) is 1. The summed E-state index contributed by atoms with van der Waals surface area (Å²) in [4.78, 5) is 29.9. The SMILES string of the molecule is COc1ccnc(C(=O)N[C@H]2COC[C@H](OCc3ccccc3)[C@@H](OCc3ccccc3)[C@@H](C)OC2=O)c1O. The zero-order valence-corrected chi connectivity index (χ0v) is 21.8. The highest BCUT2D eigenvalue weighted by Gasteiger charge is 2.36. The van der Waals surface area contributed by atoms with E-state index in [-0.39, 0.29) is 31.3 Å². The maximum absolute atomic E-state index is 13.1. The monoisotopic (exact) mass is 536 g/mol. The molecule has 3 aromatic rings. The maximum atomic E-state index is 13.1. The second-order valence-electron chi connectivity index (χ2n) is 9.01. The van der Waals surface area contributed by atoms with Crippen LogP contribution >= 0.6 is 0 Å². The van der Waals surface area contributed by atoms with Crippen molar-refractivity contribution in [2.45, 2.75) is 44.5 Å². The Morgan fingerprint density at radius 2 is 1.64 bits per heavy atom. The minimum atomic E-state index is -1.16. The van der Waals surface area contributed by atoms with Crippen LogP contribution in [0.3, 0.4) is 0 Å². The zero-order chi connectivity index (χ0) is 27.6. The molecule has 10 heteroatoms. The third-order valence-corrected chi connectivity index (χ3v) is 6.20. The normalized spacial score (nSPS) is 21.6. The van der Waals surface area contributed by atoms with E-state index < -0.39 is 42.0 Å². The minimum Gasteiger partial charge on any atom is -0.503 e. The van der Waals surface area contributed by atoms with E-state index in [1.807, 2.05) is 60.7 Å². The molecule has 2 heterocycles. The number of amides is 1. The van der Waals surface area contributed by atoms with Crippen molar-refractivity contribution in [3.8, 4) is 11.5 Å². The number of aromatic nitrogens is 1. The molecule has 4 rings (SSSR count). The molecule has 1 saturated heterocycles. The van der Waals surface area contributed by atoms with Crippen LogP contribution in [0.15, 0.2) is 72.9 Å². The van der Waals surface area contributed by atoms with Crippen LogP contribution in [0.5, 0.6) is 11.5 Å². The lowest BCUT2D eigenvalue weighted by atomic mass is 10.1. The number of hydrogen-bond donors (Lipinski definition) is 2. The molecule has 1 aromatic heterocycles. The lowest BCUT2D eigenvalue weighted by Crippen LogP contribution is -2.47. The zero-order valence-electron chi connectivity index (χ0n) is 21.8. The van der Waals surface area contributed by atoms with Crippen LogP contribution in [-0.2, 0) is 37.0 Å². The van der Waals surface area contributed by atoms with Gasteiger partial charge in [-0.3, -0.25) is 4.79 Å². The molecule has 0 bridgehead atoms. The summed E-state index contributed by atoms with van der Waals surface area (Å²) in [7, 11) is 1.36. The molecule has 4 atom stereocenters. The molecule has 0 saturated carbocycles. The van der Waals surface area contributed by atoms with Crippen molar-refractivity contribution in [3.05, 3.63) is 89.7 Å². The van der Waals surface area contributed by atoms with Crippen molar-refractivity contribution in [2.75, 3.05) is 20.3 Å². The fraction of sp³-hybridized carbons (Fsp3) is 0.345. The van der Waals surface area contributed by atoms with Crippen LogP contribution in [-0.4, -0.2) is 66.6 Å². The quantitative estimate of drug-likeness (QED) is 0.397. The molecule has 1 aliphatic rings. The van der Waals surface area contributed by atoms with Crippen molar-refractivity contribution >= 4 is 11.9 Å². The number of esters is 1. The van der Waals surface area contributed by atoms with Crippen LogP contribution in [0.1, 0.15) is 28.5 Å². The third-order valence-electron chi connectivity index (χ3n) is 6.20. The Kier molecular flexibility index (Phi) is 9.85. The van der Waals surface area contributed by atoms with Gasteiger partial charge < -0.3 is 34.1 Å². The summed E-state index contributed by atoms with van der Waals surface area (Å²) >= 11 is 0. The summed E-state index contributed by atoms with van der Waals surface area (Å²) in [6.07, 6.45) is -0.644. The van der Waals surface area contributed by atoms with E-state index in [9.17, 15) is 14.7 Å². The molecule has 1 fully saturated rings. The van der Waals surface area contributed by atoms with Gasteiger partial charge in [0.2, 0.25) is 0 Å². The van der Waals surface area contributed by atoms with Crippen molar-refractivity contribution in [1.29, 1.82) is 0 Å². The molecule has 0 aliphatic carbocycles. The standard InChI is InChI=1S/C29H32N2O8/c1-19-27(38-16-21-11-7-4-8-12-21)24(37-15-20-9-5-3-6-10-20)18-36-17-22(29(34)39-19)31-28(33)25-26(32)23(35-2)13-14-30-25/h3-14,19,22,24,27,32H,15-18H2,1-2H3,(H,31,33)/t19-,22+,24+,27+/m1/s1. The summed E-state index contributed by atoms with van der Waals surface area (Å²) in [5, 5.41) is 12.8. The fourth-order valence-corrected chi connectivity index (χ4v) is 4.12. The van der Waals surface area contributed by atoms with E-state index in [4.69, 9.17) is 23.7 Å². The van der Waals surface area contributed by atoms with Crippen molar-refractivity contribution < 1.29 is 38.4 Å². The van der Waals surface area contributed by atoms with E-state index >= 15 is 0 Å². The van der Waals surface area contributed by atoms with Crippen LogP contribution in [0.4, 0.5) is 0 Å². The highest BCUT2D eigenvalue weighted by Crippen LogP contribution is 2.27. The van der Waals surface area contributed by atoms with Gasteiger partial charge in [0.05, 0.1) is 33.5 Å². The number of carbonyl (C=O) groups is 2. The minimum absolute atomic E-state index is 0.0777. The van der Waals surface area contributed by atoms with E-state index in [1.165, 1.54) is 19.4 Å². The molecule has 10 nitrogen and oxygen atoms in total. The highest BCUT2D eigenvalue weighted by molar-refractivity contribution is 5.98. The number of methoxy groups -OCH3 is 1. The molecule has 206 valence electrons. The Morgan fingerprint density at radius 1 is 1.00 bits per heavy atom. The molecule has 1 amide bonds. The number of pyridine rings is 1. The first-order chi connectivity index (χ1) is 19.0. The molecule has 1 aliphatic heterocycles. The van der Waals surface area contributed by atoms with Gasteiger partial charge in [-0.05, 0) is 18.1 Å². The molecular weight excluding hydrogens is 504 g/mol. The predicted molar refractivity (Wildman–Crippen MR) is 140 cm³/mol.